The van der Waals surface area contributed by atoms with Crippen LogP contribution in [0.15, 0.2) is 47.1 Å². The predicted molar refractivity (Wildman–Crippen MR) is 61.8 cm³/mol. The zero-order valence-electron chi connectivity index (χ0n) is 7.44. The number of rotatable bonds is 1. The molecule has 0 atom stereocenters. The van der Waals surface area contributed by atoms with Crippen molar-refractivity contribution in [1.29, 1.82) is 0 Å². The number of benzene rings is 1. The van der Waals surface area contributed by atoms with Gasteiger partial charge in [0.1, 0.15) is 0 Å². The standard InChI is InChI=1S/C11H9BrN2/c12-9-5-2-1-4-8(9)11-10(13)6-3-7-14-11/h1-7H,13H2. The summed E-state index contributed by atoms with van der Waals surface area (Å²) in [5, 5.41) is 0. The van der Waals surface area contributed by atoms with Crippen LogP contribution in [0.5, 0.6) is 0 Å². The van der Waals surface area contributed by atoms with Gasteiger partial charge in [-0.15, -0.1) is 0 Å². The highest BCUT2D eigenvalue weighted by Gasteiger charge is 2.05. The lowest BCUT2D eigenvalue weighted by Crippen LogP contribution is -1.92. The molecule has 2 rings (SSSR count). The van der Waals surface area contributed by atoms with Crippen molar-refractivity contribution in [3.63, 3.8) is 0 Å². The summed E-state index contributed by atoms with van der Waals surface area (Å²) in [4.78, 5) is 4.25. The van der Waals surface area contributed by atoms with Gasteiger partial charge in [0.25, 0.3) is 0 Å². The minimum absolute atomic E-state index is 0.694. The minimum atomic E-state index is 0.694. The highest BCUT2D eigenvalue weighted by atomic mass is 79.9. The van der Waals surface area contributed by atoms with Gasteiger partial charge in [0.15, 0.2) is 0 Å². The van der Waals surface area contributed by atoms with Crippen molar-refractivity contribution in [3.05, 3.63) is 47.1 Å². The van der Waals surface area contributed by atoms with Crippen LogP contribution in [0.4, 0.5) is 5.69 Å². The summed E-state index contributed by atoms with van der Waals surface area (Å²) in [5.74, 6) is 0. The average molecular weight is 249 g/mol. The summed E-state index contributed by atoms with van der Waals surface area (Å²) >= 11 is 3.47. The molecule has 0 spiro atoms. The Morgan fingerprint density at radius 3 is 2.57 bits per heavy atom. The molecule has 1 aromatic carbocycles. The molecule has 0 amide bonds. The van der Waals surface area contributed by atoms with Crippen molar-refractivity contribution in [2.75, 3.05) is 5.73 Å². The summed E-state index contributed by atoms with van der Waals surface area (Å²) in [6.07, 6.45) is 1.74. The normalized spacial score (nSPS) is 10.1. The highest BCUT2D eigenvalue weighted by Crippen LogP contribution is 2.29. The lowest BCUT2D eigenvalue weighted by atomic mass is 10.1. The second-order valence-electron chi connectivity index (χ2n) is 2.92. The Morgan fingerprint density at radius 1 is 1.07 bits per heavy atom. The van der Waals surface area contributed by atoms with Gasteiger partial charge in [-0.05, 0) is 18.2 Å². The fourth-order valence-electron chi connectivity index (χ4n) is 1.30. The fraction of sp³-hybridized carbons (Fsp3) is 0. The van der Waals surface area contributed by atoms with Crippen LogP contribution in [-0.4, -0.2) is 4.98 Å². The van der Waals surface area contributed by atoms with Gasteiger partial charge in [0.2, 0.25) is 0 Å². The topological polar surface area (TPSA) is 38.9 Å². The SMILES string of the molecule is Nc1cccnc1-c1ccccc1Br. The molecule has 2 N–H and O–H groups in total. The Bertz CT molecular complexity index is 411. The molecule has 0 saturated heterocycles. The first-order valence-corrected chi connectivity index (χ1v) is 5.04. The van der Waals surface area contributed by atoms with Crippen LogP contribution in [0.1, 0.15) is 0 Å². The van der Waals surface area contributed by atoms with Gasteiger partial charge in [0.05, 0.1) is 11.4 Å². The Balaban J connectivity index is 2.61. The molecule has 0 fully saturated rings. The van der Waals surface area contributed by atoms with E-state index in [0.29, 0.717) is 5.69 Å². The summed E-state index contributed by atoms with van der Waals surface area (Å²) in [7, 11) is 0. The molecule has 1 aromatic heterocycles. The highest BCUT2D eigenvalue weighted by molar-refractivity contribution is 9.10. The largest absolute Gasteiger partial charge is 0.397 e. The van der Waals surface area contributed by atoms with Crippen LogP contribution in [0.25, 0.3) is 11.3 Å². The quantitative estimate of drug-likeness (QED) is 0.843. The number of hydrogen-bond acceptors (Lipinski definition) is 2. The molecule has 2 nitrogen and oxygen atoms in total. The maximum absolute atomic E-state index is 5.84. The summed E-state index contributed by atoms with van der Waals surface area (Å²) in [6.45, 7) is 0. The van der Waals surface area contributed by atoms with Crippen molar-refractivity contribution in [3.8, 4) is 11.3 Å². The Morgan fingerprint density at radius 2 is 1.86 bits per heavy atom. The van der Waals surface area contributed by atoms with E-state index in [1.54, 1.807) is 6.20 Å². The number of nitrogens with zero attached hydrogens (tertiary/aromatic N) is 1. The molecule has 0 bridgehead atoms. The molecule has 0 aliphatic rings. The lowest BCUT2D eigenvalue weighted by molar-refractivity contribution is 1.32. The van der Waals surface area contributed by atoms with Gasteiger partial charge in [0, 0.05) is 16.2 Å². The van der Waals surface area contributed by atoms with Crippen molar-refractivity contribution >= 4 is 21.6 Å². The third kappa shape index (κ3) is 1.63. The summed E-state index contributed by atoms with van der Waals surface area (Å²) in [5.41, 5.74) is 8.37. The number of pyridine rings is 1. The molecule has 3 heteroatoms. The molecule has 1 heterocycles. The number of aromatic nitrogens is 1. The van der Waals surface area contributed by atoms with Crippen molar-refractivity contribution in [2.45, 2.75) is 0 Å². The second-order valence-corrected chi connectivity index (χ2v) is 3.78. The monoisotopic (exact) mass is 248 g/mol. The van der Waals surface area contributed by atoms with E-state index in [-0.39, 0.29) is 0 Å². The summed E-state index contributed by atoms with van der Waals surface area (Å²) in [6, 6.07) is 11.6. The average Bonchev–Trinajstić information content (AvgIpc) is 2.20. The van der Waals surface area contributed by atoms with Crippen LogP contribution in [-0.2, 0) is 0 Å². The molecule has 0 aliphatic carbocycles. The van der Waals surface area contributed by atoms with E-state index in [9.17, 15) is 0 Å². The predicted octanol–water partition coefficient (Wildman–Crippen LogP) is 3.09. The van der Waals surface area contributed by atoms with Gasteiger partial charge in [-0.25, -0.2) is 0 Å². The third-order valence-corrected chi connectivity index (χ3v) is 2.66. The third-order valence-electron chi connectivity index (χ3n) is 1.97. The zero-order valence-corrected chi connectivity index (χ0v) is 9.03. The molecule has 0 radical (unpaired) electrons. The van der Waals surface area contributed by atoms with E-state index in [0.717, 1.165) is 15.7 Å². The van der Waals surface area contributed by atoms with E-state index in [1.807, 2.05) is 36.4 Å². The Hall–Kier alpha value is -1.35. The van der Waals surface area contributed by atoms with Crippen LogP contribution < -0.4 is 5.73 Å². The number of nitrogens with two attached hydrogens (primary N) is 1. The molecule has 0 aliphatic heterocycles. The van der Waals surface area contributed by atoms with E-state index < -0.39 is 0 Å². The first kappa shape index (κ1) is 9.21. The molecular formula is C11H9BrN2. The first-order chi connectivity index (χ1) is 6.79. The maximum Gasteiger partial charge on any atom is 0.0942 e. The Kier molecular flexibility index (Phi) is 2.50. The van der Waals surface area contributed by atoms with E-state index >= 15 is 0 Å². The van der Waals surface area contributed by atoms with Crippen molar-refractivity contribution < 1.29 is 0 Å². The van der Waals surface area contributed by atoms with Gasteiger partial charge < -0.3 is 5.73 Å². The summed E-state index contributed by atoms with van der Waals surface area (Å²) < 4.78 is 1.01. The van der Waals surface area contributed by atoms with Gasteiger partial charge in [-0.2, -0.15) is 0 Å². The number of halogens is 1. The molecule has 2 aromatic rings. The van der Waals surface area contributed by atoms with Crippen LogP contribution in [0.2, 0.25) is 0 Å². The zero-order chi connectivity index (χ0) is 9.97. The maximum atomic E-state index is 5.84. The molecular weight excluding hydrogens is 240 g/mol. The molecule has 0 saturated carbocycles. The number of anilines is 1. The lowest BCUT2D eigenvalue weighted by Gasteiger charge is -2.05. The minimum Gasteiger partial charge on any atom is -0.397 e. The Labute approximate surface area is 90.9 Å². The van der Waals surface area contributed by atoms with Crippen molar-refractivity contribution in [2.24, 2.45) is 0 Å². The molecule has 14 heavy (non-hydrogen) atoms. The number of nitrogen functional groups attached to an aromatic ring is 1. The van der Waals surface area contributed by atoms with Gasteiger partial charge in [-0.3, -0.25) is 4.98 Å². The molecule has 0 unspecified atom stereocenters. The van der Waals surface area contributed by atoms with E-state index in [4.69, 9.17) is 5.73 Å². The smallest absolute Gasteiger partial charge is 0.0942 e. The van der Waals surface area contributed by atoms with Crippen LogP contribution >= 0.6 is 15.9 Å². The van der Waals surface area contributed by atoms with E-state index in [2.05, 4.69) is 20.9 Å². The first-order valence-electron chi connectivity index (χ1n) is 4.24. The van der Waals surface area contributed by atoms with Gasteiger partial charge >= 0.3 is 0 Å². The van der Waals surface area contributed by atoms with E-state index in [1.165, 1.54) is 0 Å². The van der Waals surface area contributed by atoms with Crippen molar-refractivity contribution in [1.82, 2.24) is 4.98 Å². The van der Waals surface area contributed by atoms with Crippen LogP contribution in [0, 0.1) is 0 Å². The molecule has 70 valence electrons. The number of hydrogen-bond donors (Lipinski definition) is 1. The van der Waals surface area contributed by atoms with Gasteiger partial charge in [-0.1, -0.05) is 34.1 Å². The fourth-order valence-corrected chi connectivity index (χ4v) is 1.77. The second kappa shape index (κ2) is 3.80. The van der Waals surface area contributed by atoms with Crippen LogP contribution in [0.3, 0.4) is 0 Å².